The molecule has 1 amide bonds. The number of nitrogens with one attached hydrogen (secondary N) is 1. The van der Waals surface area contributed by atoms with Gasteiger partial charge in [-0.25, -0.2) is 4.68 Å². The molecule has 3 aromatic rings. The van der Waals surface area contributed by atoms with Crippen LogP contribution < -0.4 is 11.1 Å². The second-order valence-corrected chi connectivity index (χ2v) is 10.7. The summed E-state index contributed by atoms with van der Waals surface area (Å²) >= 11 is 0. The van der Waals surface area contributed by atoms with E-state index in [2.05, 4.69) is 24.1 Å². The predicted molar refractivity (Wildman–Crippen MR) is 136 cm³/mol. The summed E-state index contributed by atoms with van der Waals surface area (Å²) in [5, 5.41) is 8.54. The van der Waals surface area contributed by atoms with Crippen molar-refractivity contribution < 1.29 is 9.59 Å². The van der Waals surface area contributed by atoms with E-state index in [9.17, 15) is 9.59 Å². The van der Waals surface area contributed by atoms with Crippen molar-refractivity contribution in [2.45, 2.75) is 71.3 Å². The van der Waals surface area contributed by atoms with Gasteiger partial charge in [0.05, 0.1) is 28.2 Å². The molecule has 2 aliphatic rings. The van der Waals surface area contributed by atoms with E-state index in [1.807, 2.05) is 35.1 Å². The van der Waals surface area contributed by atoms with Gasteiger partial charge < -0.3 is 11.1 Å². The lowest BCUT2D eigenvalue weighted by Gasteiger charge is -2.29. The van der Waals surface area contributed by atoms with Crippen LogP contribution in [0.3, 0.4) is 0 Å². The second-order valence-electron chi connectivity index (χ2n) is 10.7. The summed E-state index contributed by atoms with van der Waals surface area (Å²) < 4.78 is 1.90. The Morgan fingerprint density at radius 2 is 1.97 bits per heavy atom. The highest BCUT2D eigenvalue weighted by Gasteiger charge is 2.36. The highest BCUT2D eigenvalue weighted by molar-refractivity contribution is 6.00. The number of aromatic nitrogens is 3. The van der Waals surface area contributed by atoms with Crippen LogP contribution in [0.5, 0.6) is 0 Å². The molecule has 0 atom stereocenters. The molecule has 1 fully saturated rings. The van der Waals surface area contributed by atoms with E-state index in [4.69, 9.17) is 10.8 Å². The van der Waals surface area contributed by atoms with Crippen molar-refractivity contribution in [1.82, 2.24) is 14.8 Å². The Labute approximate surface area is 206 Å². The van der Waals surface area contributed by atoms with Crippen LogP contribution in [0.25, 0.3) is 5.69 Å². The van der Waals surface area contributed by atoms with Crippen molar-refractivity contribution in [3.8, 4) is 5.69 Å². The number of benzene rings is 1. The Hall–Kier alpha value is -3.48. The van der Waals surface area contributed by atoms with Gasteiger partial charge >= 0.3 is 0 Å². The molecule has 2 aromatic heterocycles. The summed E-state index contributed by atoms with van der Waals surface area (Å²) in [4.78, 5) is 29.7. The third-order valence-electron chi connectivity index (χ3n) is 7.19. The Bertz CT molecular complexity index is 1260. The lowest BCUT2D eigenvalue weighted by atomic mass is 9.75. The first kappa shape index (κ1) is 23.3. The van der Waals surface area contributed by atoms with Crippen LogP contribution in [0.4, 0.5) is 5.69 Å². The van der Waals surface area contributed by atoms with Crippen LogP contribution in [-0.4, -0.2) is 32.5 Å². The molecular weight excluding hydrogens is 438 g/mol. The first-order valence-corrected chi connectivity index (χ1v) is 12.5. The molecule has 35 heavy (non-hydrogen) atoms. The SMILES string of the molecule is CC1(C)CC(=O)c2c(Cc3cccnc3)nn(-c3ccc(C(N)=O)c(NC4CCCCC4)c3)c2C1. The van der Waals surface area contributed by atoms with E-state index in [-0.39, 0.29) is 11.2 Å². The first-order valence-electron chi connectivity index (χ1n) is 12.5. The Morgan fingerprint density at radius 1 is 1.17 bits per heavy atom. The summed E-state index contributed by atoms with van der Waals surface area (Å²) in [6.07, 6.45) is 11.1. The first-order chi connectivity index (χ1) is 16.8. The molecule has 3 N–H and O–H groups in total. The van der Waals surface area contributed by atoms with Gasteiger partial charge in [0.15, 0.2) is 5.78 Å². The van der Waals surface area contributed by atoms with Crippen LogP contribution in [-0.2, 0) is 12.8 Å². The van der Waals surface area contributed by atoms with Gasteiger partial charge in [-0.05, 0) is 54.5 Å². The van der Waals surface area contributed by atoms with Gasteiger partial charge in [0.1, 0.15) is 0 Å². The molecule has 0 spiro atoms. The number of ketones is 1. The third kappa shape index (κ3) is 4.85. The monoisotopic (exact) mass is 471 g/mol. The lowest BCUT2D eigenvalue weighted by Crippen LogP contribution is -2.28. The standard InChI is InChI=1S/C28H33N5O2/c1-28(2)15-24-26(25(34)16-28)23(13-18-7-6-12-30-17-18)32-33(24)20-10-11-21(27(29)35)22(14-20)31-19-8-4-3-5-9-19/h6-7,10-12,14,17,19,31H,3-5,8-9,13,15-16H2,1-2H3,(H2,29,35). The van der Waals surface area contributed by atoms with Crippen molar-refractivity contribution >= 4 is 17.4 Å². The summed E-state index contributed by atoms with van der Waals surface area (Å²) in [6.45, 7) is 4.25. The number of carbonyl (C=O) groups is 2. The Balaban J connectivity index is 1.59. The molecule has 7 nitrogen and oxygen atoms in total. The molecule has 7 heteroatoms. The molecule has 1 saturated carbocycles. The minimum absolute atomic E-state index is 0.135. The van der Waals surface area contributed by atoms with Gasteiger partial charge in [0.25, 0.3) is 5.91 Å². The number of Topliss-reactive ketones (excluding diaryl/α,β-unsaturated/α-hetero) is 1. The highest BCUT2D eigenvalue weighted by Crippen LogP contribution is 2.38. The van der Waals surface area contributed by atoms with Crippen molar-refractivity contribution in [3.63, 3.8) is 0 Å². The van der Waals surface area contributed by atoms with Crippen LogP contribution in [0.15, 0.2) is 42.7 Å². The second kappa shape index (κ2) is 9.29. The van der Waals surface area contributed by atoms with E-state index in [1.54, 1.807) is 12.3 Å². The van der Waals surface area contributed by atoms with E-state index >= 15 is 0 Å². The molecule has 0 saturated heterocycles. The molecule has 0 aliphatic heterocycles. The average Bonchev–Trinajstić information content (AvgIpc) is 3.17. The molecule has 0 radical (unpaired) electrons. The number of carbonyl (C=O) groups excluding carboxylic acids is 2. The third-order valence-corrected chi connectivity index (χ3v) is 7.19. The van der Waals surface area contributed by atoms with Gasteiger partial charge in [0.2, 0.25) is 0 Å². The van der Waals surface area contributed by atoms with Crippen molar-refractivity contribution in [2.75, 3.05) is 5.32 Å². The van der Waals surface area contributed by atoms with E-state index in [1.165, 1.54) is 19.3 Å². The maximum Gasteiger partial charge on any atom is 0.250 e. The number of amides is 1. The van der Waals surface area contributed by atoms with Gasteiger partial charge in [-0.1, -0.05) is 39.2 Å². The Kier molecular flexibility index (Phi) is 6.17. The molecule has 0 bridgehead atoms. The zero-order chi connectivity index (χ0) is 24.6. The fourth-order valence-corrected chi connectivity index (χ4v) is 5.53. The number of anilines is 1. The topological polar surface area (TPSA) is 103 Å². The number of nitrogens with two attached hydrogens (primary N) is 1. The number of rotatable bonds is 6. The van der Waals surface area contributed by atoms with Gasteiger partial charge in [-0.15, -0.1) is 0 Å². The Morgan fingerprint density at radius 3 is 2.69 bits per heavy atom. The summed E-state index contributed by atoms with van der Waals surface area (Å²) in [5.74, 6) is -0.318. The van der Waals surface area contributed by atoms with E-state index in [0.29, 0.717) is 24.4 Å². The van der Waals surface area contributed by atoms with Gasteiger partial charge in [0, 0.05) is 37.0 Å². The fraction of sp³-hybridized carbons (Fsp3) is 0.429. The van der Waals surface area contributed by atoms with E-state index < -0.39 is 5.91 Å². The summed E-state index contributed by atoms with van der Waals surface area (Å²) in [5.41, 5.74) is 11.1. The van der Waals surface area contributed by atoms with Gasteiger partial charge in [-0.2, -0.15) is 5.10 Å². The van der Waals surface area contributed by atoms with E-state index in [0.717, 1.165) is 53.2 Å². The summed E-state index contributed by atoms with van der Waals surface area (Å²) in [6, 6.07) is 9.83. The van der Waals surface area contributed by atoms with Crippen LogP contribution in [0.1, 0.15) is 90.0 Å². The molecule has 5 rings (SSSR count). The van der Waals surface area contributed by atoms with Crippen molar-refractivity contribution in [2.24, 2.45) is 11.1 Å². The molecule has 1 aromatic carbocycles. The molecule has 182 valence electrons. The number of pyridine rings is 1. The number of hydrogen-bond donors (Lipinski definition) is 2. The molecular formula is C28H33N5O2. The van der Waals surface area contributed by atoms with Crippen LogP contribution >= 0.6 is 0 Å². The fourth-order valence-electron chi connectivity index (χ4n) is 5.53. The van der Waals surface area contributed by atoms with Gasteiger partial charge in [-0.3, -0.25) is 14.6 Å². The van der Waals surface area contributed by atoms with Crippen molar-refractivity contribution in [3.05, 3.63) is 70.8 Å². The van der Waals surface area contributed by atoms with Crippen LogP contribution in [0, 0.1) is 5.41 Å². The zero-order valence-electron chi connectivity index (χ0n) is 20.5. The molecule has 0 unspecified atom stereocenters. The molecule has 2 aliphatic carbocycles. The maximum absolute atomic E-state index is 13.3. The maximum atomic E-state index is 13.3. The smallest absolute Gasteiger partial charge is 0.250 e. The number of nitrogens with zero attached hydrogens (tertiary/aromatic N) is 3. The number of fused-ring (bicyclic) bond motifs is 1. The predicted octanol–water partition coefficient (Wildman–Crippen LogP) is 4.86. The van der Waals surface area contributed by atoms with Crippen molar-refractivity contribution in [1.29, 1.82) is 0 Å². The average molecular weight is 472 g/mol. The number of hydrogen-bond acceptors (Lipinski definition) is 5. The minimum atomic E-state index is -0.453. The largest absolute Gasteiger partial charge is 0.382 e. The highest BCUT2D eigenvalue weighted by atomic mass is 16.1. The summed E-state index contributed by atoms with van der Waals surface area (Å²) in [7, 11) is 0. The zero-order valence-corrected chi connectivity index (χ0v) is 20.5. The lowest BCUT2D eigenvalue weighted by molar-refractivity contribution is 0.0909. The minimum Gasteiger partial charge on any atom is -0.382 e. The normalized spacial score (nSPS) is 17.7. The number of primary amides is 1. The quantitative estimate of drug-likeness (QED) is 0.535. The molecule has 2 heterocycles. The van der Waals surface area contributed by atoms with Crippen LogP contribution in [0.2, 0.25) is 0 Å².